The first-order valence-corrected chi connectivity index (χ1v) is 9.19. The normalized spacial score (nSPS) is 22.2. The topological polar surface area (TPSA) is 55.4 Å². The Morgan fingerprint density at radius 2 is 2.05 bits per heavy atom. The summed E-state index contributed by atoms with van der Waals surface area (Å²) in [5.74, 6) is 0.895. The average molecular weight is 311 g/mol. The van der Waals surface area contributed by atoms with Gasteiger partial charge in [0.15, 0.2) is 9.84 Å². The predicted octanol–water partition coefficient (Wildman–Crippen LogP) is 2.53. The third-order valence-electron chi connectivity index (χ3n) is 4.33. The minimum atomic E-state index is -3.10. The van der Waals surface area contributed by atoms with E-state index in [0.29, 0.717) is 6.42 Å². The van der Waals surface area contributed by atoms with Crippen molar-refractivity contribution in [2.45, 2.75) is 57.4 Å². The summed E-state index contributed by atoms with van der Waals surface area (Å²) in [5.41, 5.74) is 0.689. The van der Waals surface area contributed by atoms with Crippen molar-refractivity contribution in [3.05, 3.63) is 29.8 Å². The molecule has 1 heterocycles. The maximum absolute atomic E-state index is 12.2. The van der Waals surface area contributed by atoms with E-state index in [1.165, 1.54) is 0 Å². The molecule has 0 spiro atoms. The van der Waals surface area contributed by atoms with Gasteiger partial charge in [0, 0.05) is 0 Å². The van der Waals surface area contributed by atoms with Crippen molar-refractivity contribution >= 4 is 9.84 Å². The minimum Gasteiger partial charge on any atom is -0.486 e. The van der Waals surface area contributed by atoms with Gasteiger partial charge in [-0.05, 0) is 45.2 Å². The first-order chi connectivity index (χ1) is 9.76. The standard InChI is InChI=1S/C16H25NO3S/c1-5-12(2)21(18,19)11-17-15-10-13-8-6-7-9-14(13)20-16(15,3)4/h6-9,12,15,17H,5,10-11H2,1-4H3. The number of benzene rings is 1. The van der Waals surface area contributed by atoms with Gasteiger partial charge in [-0.2, -0.15) is 0 Å². The molecule has 4 nitrogen and oxygen atoms in total. The number of hydrogen-bond acceptors (Lipinski definition) is 4. The lowest BCUT2D eigenvalue weighted by Gasteiger charge is -2.40. The molecule has 1 aromatic rings. The highest BCUT2D eigenvalue weighted by molar-refractivity contribution is 7.91. The van der Waals surface area contributed by atoms with Gasteiger partial charge >= 0.3 is 0 Å². The third-order valence-corrected chi connectivity index (χ3v) is 6.46. The molecule has 21 heavy (non-hydrogen) atoms. The summed E-state index contributed by atoms with van der Waals surface area (Å²) in [5, 5.41) is 2.88. The van der Waals surface area contributed by atoms with Gasteiger partial charge in [0.1, 0.15) is 11.4 Å². The number of hydrogen-bond donors (Lipinski definition) is 1. The molecule has 2 unspecified atom stereocenters. The third kappa shape index (κ3) is 3.58. The molecular formula is C16H25NO3S. The first kappa shape index (κ1) is 16.3. The molecule has 1 aliphatic heterocycles. The van der Waals surface area contributed by atoms with Crippen LogP contribution in [-0.2, 0) is 16.3 Å². The van der Waals surface area contributed by atoms with Crippen LogP contribution in [0.5, 0.6) is 5.75 Å². The molecule has 1 aromatic carbocycles. The summed E-state index contributed by atoms with van der Waals surface area (Å²) in [7, 11) is -3.10. The minimum absolute atomic E-state index is 0.00162. The molecule has 2 atom stereocenters. The number of para-hydroxylation sites is 1. The second-order valence-corrected chi connectivity index (χ2v) is 8.72. The Kier molecular flexibility index (Phi) is 4.63. The number of nitrogens with one attached hydrogen (secondary N) is 1. The highest BCUT2D eigenvalue weighted by Crippen LogP contribution is 2.33. The summed E-state index contributed by atoms with van der Waals surface area (Å²) >= 11 is 0. The van der Waals surface area contributed by atoms with Crippen LogP contribution >= 0.6 is 0 Å². The molecule has 1 N–H and O–H groups in total. The van der Waals surface area contributed by atoms with Crippen LogP contribution in [0.3, 0.4) is 0 Å². The van der Waals surface area contributed by atoms with Gasteiger partial charge in [0.05, 0.1) is 17.2 Å². The van der Waals surface area contributed by atoms with Gasteiger partial charge in [-0.3, -0.25) is 5.32 Å². The molecule has 0 bridgehead atoms. The van der Waals surface area contributed by atoms with Crippen LogP contribution in [-0.4, -0.2) is 31.2 Å². The van der Waals surface area contributed by atoms with Crippen molar-refractivity contribution in [2.24, 2.45) is 0 Å². The Morgan fingerprint density at radius 1 is 1.38 bits per heavy atom. The molecule has 0 radical (unpaired) electrons. The zero-order chi connectivity index (χ0) is 15.7. The molecule has 0 saturated carbocycles. The lowest BCUT2D eigenvalue weighted by Crippen LogP contribution is -2.55. The lowest BCUT2D eigenvalue weighted by molar-refractivity contribution is 0.0507. The fourth-order valence-electron chi connectivity index (χ4n) is 2.52. The van der Waals surface area contributed by atoms with Gasteiger partial charge < -0.3 is 4.74 Å². The molecular weight excluding hydrogens is 286 g/mol. The zero-order valence-corrected chi connectivity index (χ0v) is 14.0. The van der Waals surface area contributed by atoms with Gasteiger partial charge in [-0.15, -0.1) is 0 Å². The highest BCUT2D eigenvalue weighted by atomic mass is 32.2. The summed E-state index contributed by atoms with van der Waals surface area (Å²) in [6, 6.07) is 7.90. The van der Waals surface area contributed by atoms with E-state index in [1.807, 2.05) is 45.0 Å². The summed E-state index contributed by atoms with van der Waals surface area (Å²) in [6.07, 6.45) is 1.41. The Bertz CT molecular complexity index is 595. The summed E-state index contributed by atoms with van der Waals surface area (Å²) in [6.45, 7) is 7.65. The second-order valence-electron chi connectivity index (χ2n) is 6.30. The van der Waals surface area contributed by atoms with Crippen molar-refractivity contribution in [2.75, 3.05) is 5.88 Å². The number of rotatable bonds is 5. The molecule has 0 amide bonds. The van der Waals surface area contributed by atoms with Crippen molar-refractivity contribution in [1.29, 1.82) is 0 Å². The molecule has 5 heteroatoms. The summed E-state index contributed by atoms with van der Waals surface area (Å²) < 4.78 is 30.3. The van der Waals surface area contributed by atoms with Crippen LogP contribution in [0.15, 0.2) is 24.3 Å². The van der Waals surface area contributed by atoms with Crippen molar-refractivity contribution in [3.8, 4) is 5.75 Å². The van der Waals surface area contributed by atoms with Crippen LogP contribution in [0.1, 0.15) is 39.7 Å². The fraction of sp³-hybridized carbons (Fsp3) is 0.625. The Balaban J connectivity index is 2.11. The van der Waals surface area contributed by atoms with E-state index in [4.69, 9.17) is 4.74 Å². The van der Waals surface area contributed by atoms with Crippen LogP contribution in [0.25, 0.3) is 0 Å². The van der Waals surface area contributed by atoms with E-state index in [2.05, 4.69) is 5.32 Å². The maximum Gasteiger partial charge on any atom is 0.165 e. The molecule has 2 rings (SSSR count). The van der Waals surface area contributed by atoms with Gasteiger partial charge in [-0.1, -0.05) is 25.1 Å². The van der Waals surface area contributed by atoms with Gasteiger partial charge in [0.25, 0.3) is 0 Å². The Morgan fingerprint density at radius 3 is 2.71 bits per heavy atom. The van der Waals surface area contributed by atoms with Crippen LogP contribution in [0, 0.1) is 0 Å². The maximum atomic E-state index is 12.2. The fourth-order valence-corrected chi connectivity index (χ4v) is 3.75. The highest BCUT2D eigenvalue weighted by Gasteiger charge is 2.37. The predicted molar refractivity (Wildman–Crippen MR) is 85.3 cm³/mol. The van der Waals surface area contributed by atoms with E-state index in [-0.39, 0.29) is 17.2 Å². The van der Waals surface area contributed by atoms with E-state index >= 15 is 0 Å². The second kappa shape index (κ2) is 5.97. The molecule has 118 valence electrons. The smallest absolute Gasteiger partial charge is 0.165 e. The van der Waals surface area contributed by atoms with E-state index < -0.39 is 15.4 Å². The van der Waals surface area contributed by atoms with Gasteiger partial charge in [-0.25, -0.2) is 8.42 Å². The SMILES string of the molecule is CCC(C)S(=O)(=O)CNC1Cc2ccccc2OC1(C)C. The Labute approximate surface area is 127 Å². The van der Waals surface area contributed by atoms with Crippen LogP contribution in [0.2, 0.25) is 0 Å². The largest absolute Gasteiger partial charge is 0.486 e. The van der Waals surface area contributed by atoms with E-state index in [9.17, 15) is 8.42 Å². The molecule has 0 aliphatic carbocycles. The van der Waals surface area contributed by atoms with Crippen LogP contribution in [0.4, 0.5) is 0 Å². The molecule has 0 aromatic heterocycles. The van der Waals surface area contributed by atoms with Gasteiger partial charge in [0.2, 0.25) is 0 Å². The lowest BCUT2D eigenvalue weighted by atomic mass is 9.89. The molecule has 0 fully saturated rings. The number of ether oxygens (including phenoxy) is 1. The monoisotopic (exact) mass is 311 g/mol. The van der Waals surface area contributed by atoms with Crippen molar-refractivity contribution in [3.63, 3.8) is 0 Å². The quantitative estimate of drug-likeness (QED) is 0.908. The number of sulfone groups is 1. The van der Waals surface area contributed by atoms with E-state index in [1.54, 1.807) is 6.92 Å². The zero-order valence-electron chi connectivity index (χ0n) is 13.2. The Hall–Kier alpha value is -1.07. The average Bonchev–Trinajstić information content (AvgIpc) is 2.43. The molecule has 1 aliphatic rings. The molecule has 0 saturated heterocycles. The number of fused-ring (bicyclic) bond motifs is 1. The first-order valence-electron chi connectivity index (χ1n) is 7.48. The van der Waals surface area contributed by atoms with Crippen LogP contribution < -0.4 is 10.1 Å². The summed E-state index contributed by atoms with van der Waals surface area (Å²) in [4.78, 5) is 0. The van der Waals surface area contributed by atoms with E-state index in [0.717, 1.165) is 17.7 Å². The van der Waals surface area contributed by atoms with Crippen molar-refractivity contribution < 1.29 is 13.2 Å². The van der Waals surface area contributed by atoms with Crippen molar-refractivity contribution in [1.82, 2.24) is 5.32 Å².